The lowest BCUT2D eigenvalue weighted by Gasteiger charge is -2.17. The number of aryl methyl sites for hydroxylation is 1. The molecule has 2 heterocycles. The molecule has 0 radical (unpaired) electrons. The SMILES string of the molecule is Cn1ccnc(-c2ccc(CC(NC(=O)c3c(Cl)cccc3Cl)C(=O)O)c3ncccc23)c1=O. The Labute approximate surface area is 203 Å². The number of carbonyl (C=O) groups is 2. The van der Waals surface area contributed by atoms with Crippen molar-refractivity contribution in [1.82, 2.24) is 19.9 Å². The smallest absolute Gasteiger partial charge is 0.326 e. The fourth-order valence-corrected chi connectivity index (χ4v) is 4.22. The van der Waals surface area contributed by atoms with Gasteiger partial charge in [-0.15, -0.1) is 0 Å². The van der Waals surface area contributed by atoms with Gasteiger partial charge in [-0.25, -0.2) is 9.78 Å². The van der Waals surface area contributed by atoms with E-state index in [1.807, 2.05) is 0 Å². The molecule has 0 saturated carbocycles. The lowest BCUT2D eigenvalue weighted by Crippen LogP contribution is -2.42. The first-order valence-electron chi connectivity index (χ1n) is 10.1. The molecule has 8 nitrogen and oxygen atoms in total. The molecule has 2 aromatic heterocycles. The first-order valence-corrected chi connectivity index (χ1v) is 10.9. The van der Waals surface area contributed by atoms with E-state index in [-0.39, 0.29) is 33.3 Å². The van der Waals surface area contributed by atoms with Gasteiger partial charge >= 0.3 is 5.97 Å². The minimum atomic E-state index is -1.28. The molecule has 0 aliphatic carbocycles. The summed E-state index contributed by atoms with van der Waals surface area (Å²) in [6.07, 6.45) is 4.61. The molecule has 0 aliphatic rings. The van der Waals surface area contributed by atoms with Crippen LogP contribution in [0.2, 0.25) is 10.0 Å². The van der Waals surface area contributed by atoms with Crippen LogP contribution in [0.4, 0.5) is 0 Å². The van der Waals surface area contributed by atoms with Crippen LogP contribution < -0.4 is 10.9 Å². The van der Waals surface area contributed by atoms with Gasteiger partial charge in [0.25, 0.3) is 11.5 Å². The minimum Gasteiger partial charge on any atom is -0.480 e. The summed E-state index contributed by atoms with van der Waals surface area (Å²) < 4.78 is 1.42. The summed E-state index contributed by atoms with van der Waals surface area (Å²) in [6.45, 7) is 0. The highest BCUT2D eigenvalue weighted by Crippen LogP contribution is 2.28. The highest BCUT2D eigenvalue weighted by molar-refractivity contribution is 6.39. The summed E-state index contributed by atoms with van der Waals surface area (Å²) in [5, 5.41) is 13.1. The second kappa shape index (κ2) is 9.62. The number of amides is 1. The lowest BCUT2D eigenvalue weighted by atomic mass is 9.97. The predicted octanol–water partition coefficient (Wildman–Crippen LogP) is 3.73. The summed E-state index contributed by atoms with van der Waals surface area (Å²) in [6, 6.07) is 10.2. The molecule has 1 atom stereocenters. The van der Waals surface area contributed by atoms with Crippen LogP contribution in [0.25, 0.3) is 22.2 Å². The topological polar surface area (TPSA) is 114 Å². The van der Waals surface area contributed by atoms with Crippen LogP contribution in [0, 0.1) is 0 Å². The zero-order valence-electron chi connectivity index (χ0n) is 17.8. The number of rotatable bonds is 6. The molecule has 34 heavy (non-hydrogen) atoms. The van der Waals surface area contributed by atoms with Gasteiger partial charge in [-0.05, 0) is 23.8 Å². The van der Waals surface area contributed by atoms with E-state index in [9.17, 15) is 19.5 Å². The summed E-state index contributed by atoms with van der Waals surface area (Å²) in [4.78, 5) is 46.0. The van der Waals surface area contributed by atoms with Crippen molar-refractivity contribution in [3.63, 3.8) is 0 Å². The molecular weight excluding hydrogens is 479 g/mol. The number of carboxylic acid groups (broad SMARTS) is 1. The summed E-state index contributed by atoms with van der Waals surface area (Å²) in [5.74, 6) is -1.93. The van der Waals surface area contributed by atoms with E-state index < -0.39 is 17.9 Å². The fraction of sp³-hybridized carbons (Fsp3) is 0.125. The maximum atomic E-state index is 12.8. The van der Waals surface area contributed by atoms with Crippen molar-refractivity contribution in [3.05, 3.63) is 92.6 Å². The lowest BCUT2D eigenvalue weighted by molar-refractivity contribution is -0.139. The van der Waals surface area contributed by atoms with Gasteiger partial charge in [0.2, 0.25) is 0 Å². The van der Waals surface area contributed by atoms with Gasteiger partial charge in [0.15, 0.2) is 0 Å². The quantitative estimate of drug-likeness (QED) is 0.420. The van der Waals surface area contributed by atoms with Gasteiger partial charge in [-0.3, -0.25) is 14.6 Å². The summed E-state index contributed by atoms with van der Waals surface area (Å²) >= 11 is 12.2. The van der Waals surface area contributed by atoms with Crippen molar-refractivity contribution in [1.29, 1.82) is 0 Å². The van der Waals surface area contributed by atoms with Crippen molar-refractivity contribution in [2.45, 2.75) is 12.5 Å². The highest BCUT2D eigenvalue weighted by Gasteiger charge is 2.25. The van der Waals surface area contributed by atoms with Gasteiger partial charge in [-0.1, -0.05) is 47.5 Å². The number of nitrogens with zero attached hydrogens (tertiary/aromatic N) is 3. The molecule has 1 unspecified atom stereocenters. The molecule has 0 fully saturated rings. The Morgan fingerprint density at radius 1 is 1.06 bits per heavy atom. The molecule has 2 N–H and O–H groups in total. The van der Waals surface area contributed by atoms with Crippen LogP contribution in [0.1, 0.15) is 15.9 Å². The van der Waals surface area contributed by atoms with Crippen molar-refractivity contribution in [2.75, 3.05) is 0 Å². The first kappa shape index (κ1) is 23.4. The second-order valence-corrected chi connectivity index (χ2v) is 8.34. The average Bonchev–Trinajstić information content (AvgIpc) is 2.80. The van der Waals surface area contributed by atoms with Crippen LogP contribution in [-0.4, -0.2) is 37.6 Å². The largest absolute Gasteiger partial charge is 0.480 e. The second-order valence-electron chi connectivity index (χ2n) is 7.53. The van der Waals surface area contributed by atoms with Crippen LogP contribution in [0.3, 0.4) is 0 Å². The van der Waals surface area contributed by atoms with Crippen molar-refractivity contribution < 1.29 is 14.7 Å². The average molecular weight is 497 g/mol. The molecule has 2 aromatic carbocycles. The number of aromatic nitrogens is 3. The monoisotopic (exact) mass is 496 g/mol. The van der Waals surface area contributed by atoms with Gasteiger partial charge in [0, 0.05) is 43.0 Å². The highest BCUT2D eigenvalue weighted by atomic mass is 35.5. The normalized spacial score (nSPS) is 11.9. The Kier molecular flexibility index (Phi) is 6.63. The maximum Gasteiger partial charge on any atom is 0.326 e. The Bertz CT molecular complexity index is 1470. The van der Waals surface area contributed by atoms with E-state index >= 15 is 0 Å². The van der Waals surface area contributed by atoms with Crippen molar-refractivity contribution in [3.8, 4) is 11.3 Å². The Morgan fingerprint density at radius 3 is 2.50 bits per heavy atom. The van der Waals surface area contributed by atoms with Crippen molar-refractivity contribution >= 4 is 46.0 Å². The molecule has 10 heteroatoms. The molecule has 0 aliphatic heterocycles. The zero-order valence-corrected chi connectivity index (χ0v) is 19.3. The van der Waals surface area contributed by atoms with E-state index in [2.05, 4.69) is 15.3 Å². The van der Waals surface area contributed by atoms with Crippen LogP contribution >= 0.6 is 23.2 Å². The summed E-state index contributed by atoms with van der Waals surface area (Å²) in [7, 11) is 1.63. The number of hydrogen-bond donors (Lipinski definition) is 2. The number of nitrogens with one attached hydrogen (secondary N) is 1. The number of carboxylic acids is 1. The van der Waals surface area contributed by atoms with Gasteiger partial charge in [-0.2, -0.15) is 0 Å². The number of fused-ring (bicyclic) bond motifs is 1. The maximum absolute atomic E-state index is 12.8. The Morgan fingerprint density at radius 2 is 1.79 bits per heavy atom. The van der Waals surface area contributed by atoms with E-state index in [0.29, 0.717) is 22.0 Å². The third kappa shape index (κ3) is 4.50. The third-order valence-corrected chi connectivity index (χ3v) is 5.97. The summed E-state index contributed by atoms with van der Waals surface area (Å²) in [5.41, 5.74) is 1.64. The molecule has 4 rings (SSSR count). The molecule has 172 valence electrons. The third-order valence-electron chi connectivity index (χ3n) is 5.34. The number of benzene rings is 2. The number of aliphatic carboxylic acids is 1. The predicted molar refractivity (Wildman–Crippen MR) is 129 cm³/mol. The molecular formula is C24H18Cl2N4O4. The van der Waals surface area contributed by atoms with Gasteiger partial charge < -0.3 is 15.0 Å². The minimum absolute atomic E-state index is 0.00131. The zero-order chi connectivity index (χ0) is 24.4. The number of carbonyl (C=O) groups excluding carboxylic acids is 1. The van der Waals surface area contributed by atoms with E-state index in [0.717, 1.165) is 0 Å². The fourth-order valence-electron chi connectivity index (χ4n) is 3.65. The van der Waals surface area contributed by atoms with Crippen LogP contribution in [-0.2, 0) is 18.3 Å². The number of halogens is 2. The number of hydrogen-bond acceptors (Lipinski definition) is 5. The standard InChI is InChI=1S/C24H18Cl2N4O4/c1-30-11-10-28-21(23(30)32)15-8-7-13(20-14(15)4-3-9-27-20)12-18(24(33)34)29-22(31)19-16(25)5-2-6-17(19)26/h2-11,18H,12H2,1H3,(H,29,31)(H,33,34). The first-order chi connectivity index (χ1) is 16.3. The van der Waals surface area contributed by atoms with Crippen molar-refractivity contribution in [2.24, 2.45) is 7.05 Å². The van der Waals surface area contributed by atoms with Gasteiger partial charge in [0.05, 0.1) is 21.1 Å². The van der Waals surface area contributed by atoms with E-state index in [1.54, 1.807) is 49.8 Å². The van der Waals surface area contributed by atoms with E-state index in [4.69, 9.17) is 23.2 Å². The molecule has 4 aromatic rings. The molecule has 0 spiro atoms. The molecule has 0 bridgehead atoms. The van der Waals surface area contributed by atoms with Crippen LogP contribution in [0.5, 0.6) is 0 Å². The number of pyridine rings is 1. The molecule has 0 saturated heterocycles. The van der Waals surface area contributed by atoms with Gasteiger partial charge in [0.1, 0.15) is 11.7 Å². The van der Waals surface area contributed by atoms with E-state index in [1.165, 1.54) is 22.9 Å². The molecule has 1 amide bonds. The van der Waals surface area contributed by atoms with Crippen LogP contribution in [0.15, 0.2) is 65.8 Å². The Balaban J connectivity index is 1.72. The Hall–Kier alpha value is -3.75.